The summed E-state index contributed by atoms with van der Waals surface area (Å²) in [5.74, 6) is 1.57. The summed E-state index contributed by atoms with van der Waals surface area (Å²) >= 11 is 2.92. The second-order valence-corrected chi connectivity index (χ2v) is 10.4. The quantitative estimate of drug-likeness (QED) is 0.273. The third-order valence-corrected chi connectivity index (χ3v) is 8.21. The SMILES string of the molecule is COc1cc2c(cc1OC)CN(C(=O)CSc1nc(-c3cccs3)cc(-c3ccccc3)c1C#N)CC2. The zero-order valence-corrected chi connectivity index (χ0v) is 22.2. The van der Waals surface area contributed by atoms with Crippen LogP contribution in [0, 0.1) is 11.3 Å². The third-order valence-electron chi connectivity index (χ3n) is 6.36. The van der Waals surface area contributed by atoms with Crippen LogP contribution in [-0.2, 0) is 17.8 Å². The molecule has 186 valence electrons. The van der Waals surface area contributed by atoms with Gasteiger partial charge in [0.15, 0.2) is 11.5 Å². The molecule has 0 saturated carbocycles. The number of thiophene rings is 1. The third kappa shape index (κ3) is 5.19. The van der Waals surface area contributed by atoms with E-state index in [4.69, 9.17) is 14.5 Å². The molecule has 1 aliphatic rings. The minimum Gasteiger partial charge on any atom is -0.493 e. The Morgan fingerprint density at radius 2 is 1.84 bits per heavy atom. The number of fused-ring (bicyclic) bond motifs is 1. The Morgan fingerprint density at radius 3 is 2.51 bits per heavy atom. The number of amides is 1. The van der Waals surface area contributed by atoms with E-state index in [-0.39, 0.29) is 11.7 Å². The van der Waals surface area contributed by atoms with Crippen molar-refractivity contribution in [3.8, 4) is 39.3 Å². The second-order valence-electron chi connectivity index (χ2n) is 8.52. The normalized spacial score (nSPS) is 12.5. The number of ether oxygens (including phenoxy) is 2. The van der Waals surface area contributed by atoms with E-state index in [0.717, 1.165) is 33.7 Å². The lowest BCUT2D eigenvalue weighted by Gasteiger charge is -2.29. The Labute approximate surface area is 224 Å². The van der Waals surface area contributed by atoms with Gasteiger partial charge in [-0.2, -0.15) is 5.26 Å². The Morgan fingerprint density at radius 1 is 1.08 bits per heavy atom. The standard InChI is InChI=1S/C29H25N3O3S2/c1-34-25-13-20-10-11-32(17-21(20)14-26(25)35-2)28(33)18-37-29-23(16-30)22(19-7-4-3-5-8-19)15-24(31-29)27-9-6-12-36-27/h3-9,12-15H,10-11,17-18H2,1-2H3. The molecule has 0 unspecified atom stereocenters. The van der Waals surface area contributed by atoms with E-state index in [1.807, 2.05) is 70.9 Å². The van der Waals surface area contributed by atoms with Crippen molar-refractivity contribution in [1.29, 1.82) is 5.26 Å². The number of thioether (sulfide) groups is 1. The monoisotopic (exact) mass is 527 g/mol. The number of nitrogens with zero attached hydrogens (tertiary/aromatic N) is 3. The summed E-state index contributed by atoms with van der Waals surface area (Å²) in [5.41, 5.74) is 5.29. The molecule has 0 fully saturated rings. The Bertz CT molecular complexity index is 1460. The van der Waals surface area contributed by atoms with E-state index < -0.39 is 0 Å². The second kappa shape index (κ2) is 11.1. The van der Waals surface area contributed by atoms with Crippen LogP contribution >= 0.6 is 23.1 Å². The van der Waals surface area contributed by atoms with Crippen LogP contribution < -0.4 is 9.47 Å². The number of hydrogen-bond donors (Lipinski definition) is 0. The van der Waals surface area contributed by atoms with Crippen LogP contribution in [0.3, 0.4) is 0 Å². The summed E-state index contributed by atoms with van der Waals surface area (Å²) in [6, 6.07) is 22.1. The van der Waals surface area contributed by atoms with Gasteiger partial charge in [-0.15, -0.1) is 11.3 Å². The highest BCUT2D eigenvalue weighted by Gasteiger charge is 2.24. The molecule has 37 heavy (non-hydrogen) atoms. The number of carbonyl (C=O) groups excluding carboxylic acids is 1. The highest BCUT2D eigenvalue weighted by atomic mass is 32.2. The molecule has 3 heterocycles. The molecule has 8 heteroatoms. The van der Waals surface area contributed by atoms with Crippen LogP contribution in [-0.4, -0.2) is 42.3 Å². The molecular formula is C29H25N3O3S2. The summed E-state index contributed by atoms with van der Waals surface area (Å²) in [5, 5.41) is 12.7. The van der Waals surface area contributed by atoms with Crippen molar-refractivity contribution in [3.63, 3.8) is 0 Å². The molecule has 5 rings (SSSR count). The van der Waals surface area contributed by atoms with Crippen LogP contribution in [0.1, 0.15) is 16.7 Å². The van der Waals surface area contributed by atoms with Gasteiger partial charge >= 0.3 is 0 Å². The smallest absolute Gasteiger partial charge is 0.233 e. The van der Waals surface area contributed by atoms with Crippen molar-refractivity contribution in [2.45, 2.75) is 18.0 Å². The maximum atomic E-state index is 13.3. The molecule has 1 amide bonds. The van der Waals surface area contributed by atoms with Gasteiger partial charge in [-0.1, -0.05) is 48.2 Å². The fraction of sp³-hybridized carbons (Fsp3) is 0.207. The fourth-order valence-corrected chi connectivity index (χ4v) is 6.04. The van der Waals surface area contributed by atoms with E-state index in [2.05, 4.69) is 6.07 Å². The summed E-state index contributed by atoms with van der Waals surface area (Å²) in [6.45, 7) is 1.14. The predicted molar refractivity (Wildman–Crippen MR) is 147 cm³/mol. The van der Waals surface area contributed by atoms with Gasteiger partial charge in [0.2, 0.25) is 5.91 Å². The van der Waals surface area contributed by atoms with Gasteiger partial charge in [-0.25, -0.2) is 4.98 Å². The summed E-state index contributed by atoms with van der Waals surface area (Å²) < 4.78 is 10.9. The first kappa shape index (κ1) is 24.9. The van der Waals surface area contributed by atoms with Crippen molar-refractivity contribution >= 4 is 29.0 Å². The van der Waals surface area contributed by atoms with Crippen molar-refractivity contribution in [2.75, 3.05) is 26.5 Å². The van der Waals surface area contributed by atoms with Gasteiger partial charge in [0.1, 0.15) is 11.1 Å². The van der Waals surface area contributed by atoms with Crippen molar-refractivity contribution in [3.05, 3.63) is 82.7 Å². The van der Waals surface area contributed by atoms with Gasteiger partial charge in [-0.3, -0.25) is 4.79 Å². The molecule has 2 aromatic heterocycles. The molecule has 6 nitrogen and oxygen atoms in total. The van der Waals surface area contributed by atoms with Crippen LogP contribution in [0.2, 0.25) is 0 Å². The number of rotatable bonds is 7. The number of aromatic nitrogens is 1. The lowest BCUT2D eigenvalue weighted by atomic mass is 9.99. The lowest BCUT2D eigenvalue weighted by molar-refractivity contribution is -0.129. The first-order valence-corrected chi connectivity index (χ1v) is 13.7. The van der Waals surface area contributed by atoms with E-state index >= 15 is 0 Å². The van der Waals surface area contributed by atoms with Crippen LogP contribution in [0.25, 0.3) is 21.7 Å². The average Bonchev–Trinajstić information content (AvgIpc) is 3.50. The van der Waals surface area contributed by atoms with E-state index in [0.29, 0.717) is 35.2 Å². The molecule has 4 aromatic rings. The van der Waals surface area contributed by atoms with Gasteiger partial charge in [0.25, 0.3) is 0 Å². The molecule has 0 N–H and O–H groups in total. The number of pyridine rings is 1. The van der Waals surface area contributed by atoms with Gasteiger partial charge in [0, 0.05) is 18.7 Å². The molecule has 2 aromatic carbocycles. The minimum absolute atomic E-state index is 0.0129. The number of hydrogen-bond acceptors (Lipinski definition) is 7. The molecule has 0 bridgehead atoms. The number of methoxy groups -OCH3 is 2. The largest absolute Gasteiger partial charge is 0.493 e. The highest BCUT2D eigenvalue weighted by molar-refractivity contribution is 8.00. The van der Waals surface area contributed by atoms with E-state index in [9.17, 15) is 10.1 Å². The lowest BCUT2D eigenvalue weighted by Crippen LogP contribution is -2.37. The Kier molecular flexibility index (Phi) is 7.45. The van der Waals surface area contributed by atoms with Crippen LogP contribution in [0.4, 0.5) is 0 Å². The molecule has 0 saturated heterocycles. The zero-order valence-electron chi connectivity index (χ0n) is 20.6. The average molecular weight is 528 g/mol. The molecule has 0 aliphatic carbocycles. The topological polar surface area (TPSA) is 75.5 Å². The van der Waals surface area contributed by atoms with Gasteiger partial charge < -0.3 is 14.4 Å². The van der Waals surface area contributed by atoms with Crippen LogP contribution in [0.5, 0.6) is 11.5 Å². The molecule has 0 radical (unpaired) electrons. The Hall–Kier alpha value is -3.80. The highest BCUT2D eigenvalue weighted by Crippen LogP contribution is 2.36. The molecule has 1 aliphatic heterocycles. The first-order valence-electron chi connectivity index (χ1n) is 11.8. The summed E-state index contributed by atoms with van der Waals surface area (Å²) in [7, 11) is 3.24. The minimum atomic E-state index is 0.0129. The first-order chi connectivity index (χ1) is 18.1. The van der Waals surface area contributed by atoms with Gasteiger partial charge in [0.05, 0.1) is 36.1 Å². The van der Waals surface area contributed by atoms with Crippen LogP contribution in [0.15, 0.2) is 71.1 Å². The van der Waals surface area contributed by atoms with Crippen molar-refractivity contribution < 1.29 is 14.3 Å². The maximum absolute atomic E-state index is 13.3. The summed E-state index contributed by atoms with van der Waals surface area (Å²) in [4.78, 5) is 21.0. The molecule has 0 spiro atoms. The van der Waals surface area contributed by atoms with E-state index in [1.54, 1.807) is 25.6 Å². The fourth-order valence-electron chi connectivity index (χ4n) is 4.45. The zero-order chi connectivity index (χ0) is 25.8. The van der Waals surface area contributed by atoms with Gasteiger partial charge in [-0.05, 0) is 52.8 Å². The molecular weight excluding hydrogens is 502 g/mol. The maximum Gasteiger partial charge on any atom is 0.233 e. The Balaban J connectivity index is 1.40. The van der Waals surface area contributed by atoms with Crippen molar-refractivity contribution in [1.82, 2.24) is 9.88 Å². The number of benzene rings is 2. The predicted octanol–water partition coefficient (Wildman–Crippen LogP) is 6.04. The number of nitriles is 1. The van der Waals surface area contributed by atoms with Crippen molar-refractivity contribution in [2.24, 2.45) is 0 Å². The summed E-state index contributed by atoms with van der Waals surface area (Å²) in [6.07, 6.45) is 0.750. The molecule has 0 atom stereocenters. The van der Waals surface area contributed by atoms with E-state index in [1.165, 1.54) is 17.3 Å². The number of carbonyl (C=O) groups is 1.